The molecular formula is C18H17F2N3O2. The number of benzene rings is 1. The largest absolute Gasteiger partial charge is 0.381 e. The van der Waals surface area contributed by atoms with Crippen LogP contribution in [-0.4, -0.2) is 34.5 Å². The zero-order valence-corrected chi connectivity index (χ0v) is 13.5. The summed E-state index contributed by atoms with van der Waals surface area (Å²) in [6.45, 7) is 1.17. The van der Waals surface area contributed by atoms with Gasteiger partial charge in [-0.2, -0.15) is 13.9 Å². The third-order valence-electron chi connectivity index (χ3n) is 4.67. The Morgan fingerprint density at radius 1 is 1.16 bits per heavy atom. The molecule has 5 nitrogen and oxygen atoms in total. The van der Waals surface area contributed by atoms with Gasteiger partial charge in [0.05, 0.1) is 24.2 Å². The Hall–Kier alpha value is -2.41. The number of carbonyl (C=O) groups is 1. The quantitative estimate of drug-likeness (QED) is 0.852. The van der Waals surface area contributed by atoms with Crippen LogP contribution in [0.4, 0.5) is 14.6 Å². The lowest BCUT2D eigenvalue weighted by Crippen LogP contribution is -2.30. The molecule has 130 valence electrons. The topological polar surface area (TPSA) is 56.5 Å². The van der Waals surface area contributed by atoms with Crippen molar-refractivity contribution in [1.82, 2.24) is 9.78 Å². The van der Waals surface area contributed by atoms with Gasteiger partial charge >= 0.3 is 5.92 Å². The Labute approximate surface area is 143 Å². The lowest BCUT2D eigenvalue weighted by Gasteiger charge is -2.25. The Kier molecular flexibility index (Phi) is 3.95. The second kappa shape index (κ2) is 6.15. The summed E-state index contributed by atoms with van der Waals surface area (Å²) in [6.07, 6.45) is 2.49. The lowest BCUT2D eigenvalue weighted by atomic mass is 9.96. The normalized spacial score (nSPS) is 18.8. The van der Waals surface area contributed by atoms with Crippen LogP contribution >= 0.6 is 0 Å². The van der Waals surface area contributed by atoms with Crippen molar-refractivity contribution in [2.75, 3.05) is 13.2 Å². The molecule has 2 aliphatic heterocycles. The van der Waals surface area contributed by atoms with Crippen molar-refractivity contribution in [1.29, 1.82) is 0 Å². The van der Waals surface area contributed by atoms with Gasteiger partial charge in [-0.15, -0.1) is 0 Å². The van der Waals surface area contributed by atoms with E-state index in [0.29, 0.717) is 18.8 Å². The first-order valence-corrected chi connectivity index (χ1v) is 8.27. The third kappa shape index (κ3) is 2.78. The van der Waals surface area contributed by atoms with Crippen LogP contribution < -0.4 is 0 Å². The predicted octanol–water partition coefficient (Wildman–Crippen LogP) is 3.69. The average Bonchev–Trinajstić information content (AvgIpc) is 3.08. The van der Waals surface area contributed by atoms with E-state index in [9.17, 15) is 13.6 Å². The average molecular weight is 345 g/mol. The maximum absolute atomic E-state index is 14.9. The molecule has 7 heteroatoms. The fraction of sp³-hybridized carbons (Fsp3) is 0.389. The van der Waals surface area contributed by atoms with Crippen molar-refractivity contribution >= 4 is 17.3 Å². The van der Waals surface area contributed by atoms with E-state index >= 15 is 0 Å². The molecule has 0 spiro atoms. The van der Waals surface area contributed by atoms with Crippen molar-refractivity contribution in [3.63, 3.8) is 0 Å². The summed E-state index contributed by atoms with van der Waals surface area (Å²) in [5, 5.41) is 4.25. The van der Waals surface area contributed by atoms with Crippen molar-refractivity contribution < 1.29 is 18.3 Å². The molecule has 4 rings (SSSR count). The number of fused-ring (bicyclic) bond motifs is 1. The minimum Gasteiger partial charge on any atom is -0.381 e. The lowest BCUT2D eigenvalue weighted by molar-refractivity contribution is 0.0659. The summed E-state index contributed by atoms with van der Waals surface area (Å²) in [7, 11) is 0. The van der Waals surface area contributed by atoms with Crippen LogP contribution in [0.3, 0.4) is 0 Å². The van der Waals surface area contributed by atoms with E-state index in [-0.39, 0.29) is 23.2 Å². The molecule has 0 bridgehead atoms. The number of carbonyl (C=O) groups excluding carboxylic acids is 1. The zero-order chi connectivity index (χ0) is 17.4. The number of hydrogen-bond acceptors (Lipinski definition) is 4. The molecule has 1 saturated heterocycles. The van der Waals surface area contributed by atoms with Gasteiger partial charge in [0.1, 0.15) is 5.71 Å². The summed E-state index contributed by atoms with van der Waals surface area (Å²) in [4.78, 5) is 16.6. The molecule has 1 aromatic carbocycles. The minimum atomic E-state index is -3.29. The first kappa shape index (κ1) is 16.1. The first-order valence-electron chi connectivity index (χ1n) is 8.27. The van der Waals surface area contributed by atoms with Gasteiger partial charge in [0.2, 0.25) is 0 Å². The summed E-state index contributed by atoms with van der Waals surface area (Å²) >= 11 is 0. The summed E-state index contributed by atoms with van der Waals surface area (Å²) in [6, 6.07) is 7.47. The van der Waals surface area contributed by atoms with E-state index in [1.165, 1.54) is 18.3 Å². The number of hydrogen-bond donors (Lipinski definition) is 0. The van der Waals surface area contributed by atoms with Crippen LogP contribution in [0.15, 0.2) is 41.5 Å². The van der Waals surface area contributed by atoms with Crippen molar-refractivity contribution in [3.8, 4) is 0 Å². The Morgan fingerprint density at radius 2 is 1.88 bits per heavy atom. The molecule has 1 aromatic heterocycles. The number of alkyl halides is 2. The molecule has 2 aliphatic rings. The van der Waals surface area contributed by atoms with Crippen molar-refractivity contribution in [3.05, 3.63) is 47.7 Å². The Morgan fingerprint density at radius 3 is 2.60 bits per heavy atom. The smallest absolute Gasteiger partial charge is 0.311 e. The summed E-state index contributed by atoms with van der Waals surface area (Å²) in [5.41, 5.74) is -0.272. The van der Waals surface area contributed by atoms with Crippen LogP contribution in [0, 0.1) is 0 Å². The van der Waals surface area contributed by atoms with Crippen LogP contribution in [0.25, 0.3) is 0 Å². The molecule has 0 amide bonds. The van der Waals surface area contributed by atoms with E-state index in [4.69, 9.17) is 4.74 Å². The standard InChI is InChI=1S/C18H17F2N3O2/c19-18(20,12-4-2-1-3-5-12)16-10-15(24)14-11-21-23(17(14)22-16)13-6-8-25-9-7-13/h1-5,11,13H,6-10H2. The number of aromatic nitrogens is 2. The maximum Gasteiger partial charge on any atom is 0.311 e. The molecule has 0 radical (unpaired) electrons. The molecule has 3 heterocycles. The fourth-order valence-corrected chi connectivity index (χ4v) is 3.27. The number of aliphatic imine (C=N–C) groups is 1. The minimum absolute atomic E-state index is 0.0127. The maximum atomic E-state index is 14.9. The molecule has 0 unspecified atom stereocenters. The van der Waals surface area contributed by atoms with Gasteiger partial charge in [0.15, 0.2) is 11.6 Å². The van der Waals surface area contributed by atoms with Crippen LogP contribution in [0.5, 0.6) is 0 Å². The summed E-state index contributed by atoms with van der Waals surface area (Å²) < 4.78 is 36.7. The molecule has 0 saturated carbocycles. The number of ether oxygens (including phenoxy) is 1. The van der Waals surface area contributed by atoms with Crippen molar-refractivity contribution in [2.45, 2.75) is 31.2 Å². The number of rotatable bonds is 3. The Bertz CT molecular complexity index is 824. The van der Waals surface area contributed by atoms with Gasteiger partial charge in [0.25, 0.3) is 0 Å². The van der Waals surface area contributed by atoms with Gasteiger partial charge < -0.3 is 4.74 Å². The monoisotopic (exact) mass is 345 g/mol. The van der Waals surface area contributed by atoms with Crippen LogP contribution in [-0.2, 0) is 10.7 Å². The highest BCUT2D eigenvalue weighted by atomic mass is 19.3. The molecular weight excluding hydrogens is 328 g/mol. The van der Waals surface area contributed by atoms with Gasteiger partial charge in [-0.25, -0.2) is 9.67 Å². The van der Waals surface area contributed by atoms with Crippen molar-refractivity contribution in [2.24, 2.45) is 4.99 Å². The van der Waals surface area contributed by atoms with Gasteiger partial charge in [-0.3, -0.25) is 4.79 Å². The van der Waals surface area contributed by atoms with E-state index in [0.717, 1.165) is 12.8 Å². The van der Waals surface area contributed by atoms with E-state index < -0.39 is 18.1 Å². The molecule has 0 atom stereocenters. The van der Waals surface area contributed by atoms with E-state index in [2.05, 4.69) is 10.1 Å². The molecule has 0 aliphatic carbocycles. The highest BCUT2D eigenvalue weighted by molar-refractivity contribution is 6.17. The van der Waals surface area contributed by atoms with Crippen LogP contribution in [0.2, 0.25) is 0 Å². The second-order valence-corrected chi connectivity index (χ2v) is 6.27. The number of nitrogens with zero attached hydrogens (tertiary/aromatic N) is 3. The SMILES string of the molecule is O=C1CC(C(F)(F)c2ccccc2)=Nc2c1cnn2C1CCOCC1. The van der Waals surface area contributed by atoms with Gasteiger partial charge in [0, 0.05) is 18.8 Å². The molecule has 25 heavy (non-hydrogen) atoms. The van der Waals surface area contributed by atoms with E-state index in [1.807, 2.05) is 0 Å². The highest BCUT2D eigenvalue weighted by Gasteiger charge is 2.42. The van der Waals surface area contributed by atoms with Gasteiger partial charge in [-0.05, 0) is 12.8 Å². The van der Waals surface area contributed by atoms with Gasteiger partial charge in [-0.1, -0.05) is 30.3 Å². The molecule has 2 aromatic rings. The zero-order valence-electron chi connectivity index (χ0n) is 13.5. The fourth-order valence-electron chi connectivity index (χ4n) is 3.27. The highest BCUT2D eigenvalue weighted by Crippen LogP contribution is 2.38. The number of Topliss-reactive ketones (excluding diaryl/α,β-unsaturated/α-hetero) is 1. The van der Waals surface area contributed by atoms with E-state index in [1.54, 1.807) is 22.9 Å². The second-order valence-electron chi connectivity index (χ2n) is 6.27. The molecule has 0 N–H and O–H groups in total. The first-order chi connectivity index (χ1) is 12.1. The predicted molar refractivity (Wildman–Crippen MR) is 87.7 cm³/mol. The molecule has 1 fully saturated rings. The Balaban J connectivity index is 1.75. The van der Waals surface area contributed by atoms with Crippen LogP contribution in [0.1, 0.15) is 41.2 Å². The third-order valence-corrected chi connectivity index (χ3v) is 4.67. The number of halogens is 2. The number of ketones is 1. The summed E-state index contributed by atoms with van der Waals surface area (Å²) in [5.74, 6) is -3.41.